The molecule has 2 rings (SSSR count). The Hall–Kier alpha value is -1.39. The fourth-order valence-electron chi connectivity index (χ4n) is 1.22. The topological polar surface area (TPSA) is 35.0 Å². The van der Waals surface area contributed by atoms with Crippen LogP contribution < -0.4 is 4.74 Å². The predicted octanol–water partition coefficient (Wildman–Crippen LogP) is 4.02. The third kappa shape index (κ3) is 3.05. The van der Waals surface area contributed by atoms with E-state index in [0.717, 1.165) is 0 Å². The van der Waals surface area contributed by atoms with Crippen molar-refractivity contribution in [1.82, 2.24) is 9.97 Å². The van der Waals surface area contributed by atoms with Gasteiger partial charge in [-0.15, -0.1) is 0 Å². The number of benzene rings is 1. The molecule has 0 saturated carbocycles. The van der Waals surface area contributed by atoms with Crippen LogP contribution >= 0.6 is 23.2 Å². The molecule has 0 saturated heterocycles. The minimum atomic E-state index is -0.504. The first-order valence-electron chi connectivity index (χ1n) is 4.69. The van der Waals surface area contributed by atoms with E-state index in [0.29, 0.717) is 11.6 Å². The number of nitrogens with zero attached hydrogens (tertiary/aromatic N) is 2. The molecule has 0 N–H and O–H groups in total. The van der Waals surface area contributed by atoms with Crippen molar-refractivity contribution in [3.8, 4) is 11.6 Å². The van der Waals surface area contributed by atoms with Crippen LogP contribution in [-0.4, -0.2) is 9.97 Å². The highest BCUT2D eigenvalue weighted by atomic mass is 35.5. The van der Waals surface area contributed by atoms with Crippen LogP contribution in [0.25, 0.3) is 0 Å². The van der Waals surface area contributed by atoms with Crippen molar-refractivity contribution in [2.45, 2.75) is 6.92 Å². The molecule has 0 amide bonds. The smallest absolute Gasteiger partial charge is 0.224 e. The maximum absolute atomic E-state index is 12.9. The van der Waals surface area contributed by atoms with E-state index in [-0.39, 0.29) is 16.1 Å². The average Bonchev–Trinajstić information content (AvgIpc) is 2.22. The van der Waals surface area contributed by atoms with Gasteiger partial charge in [0.2, 0.25) is 5.88 Å². The van der Waals surface area contributed by atoms with Gasteiger partial charge in [-0.05, 0) is 19.1 Å². The van der Waals surface area contributed by atoms with Gasteiger partial charge in [-0.25, -0.2) is 9.37 Å². The van der Waals surface area contributed by atoms with Crippen molar-refractivity contribution in [1.29, 1.82) is 0 Å². The lowest BCUT2D eigenvalue weighted by molar-refractivity contribution is 0.458. The molecule has 0 fully saturated rings. The zero-order valence-electron chi connectivity index (χ0n) is 8.75. The molecule has 0 bridgehead atoms. The lowest BCUT2D eigenvalue weighted by Gasteiger charge is -2.06. The van der Waals surface area contributed by atoms with E-state index in [2.05, 4.69) is 9.97 Å². The van der Waals surface area contributed by atoms with E-state index in [1.165, 1.54) is 24.3 Å². The number of aromatic nitrogens is 2. The van der Waals surface area contributed by atoms with Gasteiger partial charge in [-0.2, -0.15) is 4.98 Å². The zero-order chi connectivity index (χ0) is 12.4. The number of rotatable bonds is 2. The second-order valence-electron chi connectivity index (χ2n) is 3.25. The average molecular weight is 273 g/mol. The summed E-state index contributed by atoms with van der Waals surface area (Å²) in [5.41, 5.74) is 0. The first-order valence-corrected chi connectivity index (χ1v) is 5.44. The number of hydrogen-bond donors (Lipinski definition) is 0. The number of halogens is 3. The second-order valence-corrected chi connectivity index (χ2v) is 4.05. The van der Waals surface area contributed by atoms with Gasteiger partial charge in [-0.3, -0.25) is 0 Å². The molecule has 88 valence electrons. The van der Waals surface area contributed by atoms with Crippen LogP contribution in [-0.2, 0) is 0 Å². The standard InChI is InChI=1S/C11H7Cl2FN2O/c1-6-15-10(13)5-11(16-6)17-7-2-3-9(14)8(12)4-7/h2-5H,1H3. The first-order chi connectivity index (χ1) is 8.04. The molecule has 0 aliphatic rings. The van der Waals surface area contributed by atoms with E-state index in [1.807, 2.05) is 0 Å². The molecule has 0 aliphatic heterocycles. The summed E-state index contributed by atoms with van der Waals surface area (Å²) in [4.78, 5) is 7.92. The van der Waals surface area contributed by atoms with E-state index >= 15 is 0 Å². The maximum Gasteiger partial charge on any atom is 0.224 e. The minimum Gasteiger partial charge on any atom is -0.439 e. The minimum absolute atomic E-state index is 0.0145. The van der Waals surface area contributed by atoms with Crippen LogP contribution in [0.2, 0.25) is 10.2 Å². The Morgan fingerprint density at radius 1 is 1.18 bits per heavy atom. The van der Waals surface area contributed by atoms with E-state index in [1.54, 1.807) is 6.92 Å². The molecule has 0 atom stereocenters. The zero-order valence-corrected chi connectivity index (χ0v) is 10.3. The molecule has 0 spiro atoms. The highest BCUT2D eigenvalue weighted by Gasteiger charge is 2.05. The van der Waals surface area contributed by atoms with Crippen LogP contribution in [0.5, 0.6) is 11.6 Å². The summed E-state index contributed by atoms with van der Waals surface area (Å²) in [5, 5.41) is 0.264. The van der Waals surface area contributed by atoms with Crippen molar-refractivity contribution < 1.29 is 9.13 Å². The highest BCUT2D eigenvalue weighted by Crippen LogP contribution is 2.25. The third-order valence-corrected chi connectivity index (χ3v) is 2.38. The second kappa shape index (κ2) is 4.85. The van der Waals surface area contributed by atoms with E-state index in [4.69, 9.17) is 27.9 Å². The van der Waals surface area contributed by atoms with E-state index in [9.17, 15) is 4.39 Å². The van der Waals surface area contributed by atoms with Gasteiger partial charge in [0.15, 0.2) is 0 Å². The highest BCUT2D eigenvalue weighted by molar-refractivity contribution is 6.30. The molecule has 2 aromatic rings. The molecule has 1 aromatic carbocycles. The summed E-state index contributed by atoms with van der Waals surface area (Å²) in [5.74, 6) is 0.646. The third-order valence-electron chi connectivity index (χ3n) is 1.90. The summed E-state index contributed by atoms with van der Waals surface area (Å²) in [6.07, 6.45) is 0. The lowest BCUT2D eigenvalue weighted by atomic mass is 10.3. The Kier molecular flexibility index (Phi) is 3.45. The Morgan fingerprint density at radius 3 is 2.59 bits per heavy atom. The first kappa shape index (κ1) is 12.1. The fourth-order valence-corrected chi connectivity index (χ4v) is 1.61. The molecule has 1 heterocycles. The molecule has 0 aliphatic carbocycles. The SMILES string of the molecule is Cc1nc(Cl)cc(Oc2ccc(F)c(Cl)c2)n1. The molecule has 6 heteroatoms. The van der Waals surface area contributed by atoms with Gasteiger partial charge >= 0.3 is 0 Å². The quantitative estimate of drug-likeness (QED) is 0.775. The molecular weight excluding hydrogens is 266 g/mol. The Bertz CT molecular complexity index is 543. The monoisotopic (exact) mass is 272 g/mol. The largest absolute Gasteiger partial charge is 0.439 e. The Labute approximate surface area is 107 Å². The molecule has 3 nitrogen and oxygen atoms in total. The van der Waals surface area contributed by atoms with Gasteiger partial charge in [0, 0.05) is 12.1 Å². The van der Waals surface area contributed by atoms with Crippen molar-refractivity contribution in [3.63, 3.8) is 0 Å². The van der Waals surface area contributed by atoms with Crippen LogP contribution in [0.15, 0.2) is 24.3 Å². The summed E-state index contributed by atoms with van der Waals surface area (Å²) in [6, 6.07) is 5.49. The molecule has 1 aromatic heterocycles. The van der Waals surface area contributed by atoms with Crippen LogP contribution in [0.3, 0.4) is 0 Å². The normalized spacial score (nSPS) is 10.4. The number of hydrogen-bond acceptors (Lipinski definition) is 3. The van der Waals surface area contributed by atoms with Gasteiger partial charge in [-0.1, -0.05) is 23.2 Å². The summed E-state index contributed by atoms with van der Waals surface area (Å²) in [6.45, 7) is 1.69. The van der Waals surface area contributed by atoms with Crippen LogP contribution in [0.1, 0.15) is 5.82 Å². The van der Waals surface area contributed by atoms with Crippen molar-refractivity contribution in [2.75, 3.05) is 0 Å². The molecular formula is C11H7Cl2FN2O. The summed E-state index contributed by atoms with van der Waals surface area (Å²) in [7, 11) is 0. The van der Waals surface area contributed by atoms with Gasteiger partial charge in [0.25, 0.3) is 0 Å². The molecule has 0 radical (unpaired) electrons. The Morgan fingerprint density at radius 2 is 1.94 bits per heavy atom. The Balaban J connectivity index is 2.28. The fraction of sp³-hybridized carbons (Fsp3) is 0.0909. The van der Waals surface area contributed by atoms with Crippen molar-refractivity contribution in [2.24, 2.45) is 0 Å². The van der Waals surface area contributed by atoms with Gasteiger partial charge < -0.3 is 4.74 Å². The van der Waals surface area contributed by atoms with Gasteiger partial charge in [0.1, 0.15) is 22.5 Å². The van der Waals surface area contributed by atoms with E-state index < -0.39 is 5.82 Å². The number of ether oxygens (including phenoxy) is 1. The van der Waals surface area contributed by atoms with Crippen molar-refractivity contribution >= 4 is 23.2 Å². The summed E-state index contributed by atoms with van der Waals surface area (Å²) < 4.78 is 18.3. The lowest BCUT2D eigenvalue weighted by Crippen LogP contribution is -1.93. The van der Waals surface area contributed by atoms with Crippen LogP contribution in [0, 0.1) is 12.7 Å². The molecule has 17 heavy (non-hydrogen) atoms. The van der Waals surface area contributed by atoms with Crippen LogP contribution in [0.4, 0.5) is 4.39 Å². The molecule has 0 unspecified atom stereocenters. The summed E-state index contributed by atoms with van der Waals surface area (Å²) >= 11 is 11.4. The predicted molar refractivity (Wildman–Crippen MR) is 63.3 cm³/mol. The maximum atomic E-state index is 12.9. The van der Waals surface area contributed by atoms with Crippen molar-refractivity contribution in [3.05, 3.63) is 46.1 Å². The van der Waals surface area contributed by atoms with Gasteiger partial charge in [0.05, 0.1) is 5.02 Å². The number of aryl methyl sites for hydroxylation is 1.